The second kappa shape index (κ2) is 6.42. The minimum absolute atomic E-state index is 0.00559. The smallest absolute Gasteiger partial charge is 0.305 e. The number of carbonyl (C=O) groups is 2. The molecule has 0 saturated carbocycles. The molecule has 0 saturated heterocycles. The molecule has 13 heavy (non-hydrogen) atoms. The number of carboxylic acids is 1. The first-order chi connectivity index (χ1) is 6.07. The van der Waals surface area contributed by atoms with E-state index in [-0.39, 0.29) is 25.4 Å². The molecular weight excluding hydrogens is 172 g/mol. The monoisotopic (exact) mass is 188 g/mol. The Morgan fingerprint density at radius 1 is 1.46 bits per heavy atom. The fourth-order valence-corrected chi connectivity index (χ4v) is 0.755. The Labute approximate surface area is 77.7 Å². The van der Waals surface area contributed by atoms with Crippen molar-refractivity contribution in [2.24, 2.45) is 0 Å². The SMILES string of the molecule is CCNCC(=O)N(C)CCC(=O)O. The van der Waals surface area contributed by atoms with Gasteiger partial charge in [0.25, 0.3) is 0 Å². The first kappa shape index (κ1) is 11.9. The number of amides is 1. The van der Waals surface area contributed by atoms with Crippen molar-refractivity contribution >= 4 is 11.9 Å². The van der Waals surface area contributed by atoms with Crippen LogP contribution in [0.1, 0.15) is 13.3 Å². The van der Waals surface area contributed by atoms with Gasteiger partial charge in [-0.3, -0.25) is 9.59 Å². The predicted molar refractivity (Wildman–Crippen MR) is 48.4 cm³/mol. The van der Waals surface area contributed by atoms with Gasteiger partial charge in [-0.15, -0.1) is 0 Å². The van der Waals surface area contributed by atoms with E-state index in [1.165, 1.54) is 4.90 Å². The van der Waals surface area contributed by atoms with Crippen LogP contribution >= 0.6 is 0 Å². The maximum absolute atomic E-state index is 11.2. The van der Waals surface area contributed by atoms with Gasteiger partial charge >= 0.3 is 5.97 Å². The summed E-state index contributed by atoms with van der Waals surface area (Å²) in [5, 5.41) is 11.2. The molecule has 0 fully saturated rings. The second-order valence-electron chi connectivity index (χ2n) is 2.74. The third-order valence-corrected chi connectivity index (χ3v) is 1.61. The van der Waals surface area contributed by atoms with Crippen LogP contribution < -0.4 is 5.32 Å². The summed E-state index contributed by atoms with van der Waals surface area (Å²) in [5.74, 6) is -0.966. The van der Waals surface area contributed by atoms with Crippen LogP contribution in [-0.2, 0) is 9.59 Å². The Morgan fingerprint density at radius 3 is 2.54 bits per heavy atom. The number of nitrogens with one attached hydrogen (secondary N) is 1. The van der Waals surface area contributed by atoms with Gasteiger partial charge in [-0.05, 0) is 6.54 Å². The predicted octanol–water partition coefficient (Wildman–Crippen LogP) is -0.471. The average molecular weight is 188 g/mol. The van der Waals surface area contributed by atoms with Crippen LogP contribution in [0.3, 0.4) is 0 Å². The van der Waals surface area contributed by atoms with Gasteiger partial charge in [-0.2, -0.15) is 0 Å². The number of rotatable bonds is 6. The summed E-state index contributed by atoms with van der Waals surface area (Å²) in [6.07, 6.45) is -0.00559. The van der Waals surface area contributed by atoms with E-state index in [1.807, 2.05) is 6.92 Å². The van der Waals surface area contributed by atoms with Crippen molar-refractivity contribution in [3.63, 3.8) is 0 Å². The molecule has 0 aliphatic rings. The summed E-state index contributed by atoms with van der Waals surface area (Å²) in [6.45, 7) is 3.18. The van der Waals surface area contributed by atoms with Gasteiger partial charge < -0.3 is 15.3 Å². The van der Waals surface area contributed by atoms with Gasteiger partial charge in [0.05, 0.1) is 13.0 Å². The Morgan fingerprint density at radius 2 is 2.08 bits per heavy atom. The zero-order valence-electron chi connectivity index (χ0n) is 8.04. The summed E-state index contributed by atoms with van der Waals surface area (Å²) in [6, 6.07) is 0. The zero-order valence-corrected chi connectivity index (χ0v) is 8.04. The lowest BCUT2D eigenvalue weighted by atomic mass is 10.4. The maximum Gasteiger partial charge on any atom is 0.305 e. The van der Waals surface area contributed by atoms with Gasteiger partial charge in [0.2, 0.25) is 5.91 Å². The Balaban J connectivity index is 3.62. The molecule has 5 nitrogen and oxygen atoms in total. The lowest BCUT2D eigenvalue weighted by molar-refractivity contribution is -0.138. The number of carbonyl (C=O) groups excluding carboxylic acids is 1. The van der Waals surface area contributed by atoms with E-state index in [4.69, 9.17) is 5.11 Å². The van der Waals surface area contributed by atoms with Gasteiger partial charge in [0.1, 0.15) is 0 Å². The zero-order chi connectivity index (χ0) is 10.3. The molecule has 0 aliphatic heterocycles. The molecule has 0 aliphatic carbocycles. The minimum atomic E-state index is -0.886. The van der Waals surface area contributed by atoms with Crippen molar-refractivity contribution < 1.29 is 14.7 Å². The Bertz CT molecular complexity index is 182. The number of nitrogens with zero attached hydrogens (tertiary/aromatic N) is 1. The summed E-state index contributed by atoms with van der Waals surface area (Å²) in [4.78, 5) is 22.8. The van der Waals surface area contributed by atoms with Crippen molar-refractivity contribution in [2.45, 2.75) is 13.3 Å². The van der Waals surface area contributed by atoms with Crippen molar-refractivity contribution in [3.8, 4) is 0 Å². The quantitative estimate of drug-likeness (QED) is 0.591. The van der Waals surface area contributed by atoms with Gasteiger partial charge in [-0.1, -0.05) is 6.92 Å². The molecule has 0 aromatic heterocycles. The molecule has 0 unspecified atom stereocenters. The van der Waals surface area contributed by atoms with Gasteiger partial charge in [0.15, 0.2) is 0 Å². The van der Waals surface area contributed by atoms with Crippen LogP contribution in [0.15, 0.2) is 0 Å². The maximum atomic E-state index is 11.2. The van der Waals surface area contributed by atoms with Gasteiger partial charge in [-0.25, -0.2) is 0 Å². The van der Waals surface area contributed by atoms with Crippen LogP contribution in [0, 0.1) is 0 Å². The third-order valence-electron chi connectivity index (χ3n) is 1.61. The molecule has 0 bridgehead atoms. The molecule has 0 radical (unpaired) electrons. The van der Waals surface area contributed by atoms with Gasteiger partial charge in [0, 0.05) is 13.6 Å². The molecule has 0 heterocycles. The van der Waals surface area contributed by atoms with E-state index in [0.717, 1.165) is 6.54 Å². The normalized spacial score (nSPS) is 9.69. The van der Waals surface area contributed by atoms with Crippen LogP contribution in [0.5, 0.6) is 0 Å². The standard InChI is InChI=1S/C8H16N2O3/c1-3-9-6-7(11)10(2)5-4-8(12)13/h9H,3-6H2,1-2H3,(H,12,13). The highest BCUT2D eigenvalue weighted by Crippen LogP contribution is 1.88. The number of aliphatic carboxylic acids is 1. The van der Waals surface area contributed by atoms with E-state index < -0.39 is 5.97 Å². The van der Waals surface area contributed by atoms with Crippen LogP contribution in [0.2, 0.25) is 0 Å². The summed E-state index contributed by atoms with van der Waals surface area (Å²) < 4.78 is 0. The molecule has 0 aromatic carbocycles. The Kier molecular flexibility index (Phi) is 5.88. The molecule has 2 N–H and O–H groups in total. The fraction of sp³-hybridized carbons (Fsp3) is 0.750. The van der Waals surface area contributed by atoms with E-state index in [0.29, 0.717) is 0 Å². The van der Waals surface area contributed by atoms with Crippen molar-refractivity contribution in [1.82, 2.24) is 10.2 Å². The van der Waals surface area contributed by atoms with Crippen LogP contribution in [0.25, 0.3) is 0 Å². The molecule has 0 rings (SSSR count). The molecule has 0 spiro atoms. The average Bonchev–Trinajstić information content (AvgIpc) is 2.10. The number of hydrogen-bond acceptors (Lipinski definition) is 3. The highest BCUT2D eigenvalue weighted by atomic mass is 16.4. The molecule has 76 valence electrons. The lowest BCUT2D eigenvalue weighted by Crippen LogP contribution is -2.36. The Hall–Kier alpha value is -1.10. The topological polar surface area (TPSA) is 69.6 Å². The third kappa shape index (κ3) is 6.10. The van der Waals surface area contributed by atoms with E-state index in [9.17, 15) is 9.59 Å². The van der Waals surface area contributed by atoms with E-state index >= 15 is 0 Å². The number of carboxylic acid groups (broad SMARTS) is 1. The lowest BCUT2D eigenvalue weighted by Gasteiger charge is -2.15. The molecular formula is C8H16N2O3. The number of likely N-dealkylation sites (N-methyl/N-ethyl adjacent to an activating group) is 2. The molecule has 0 atom stereocenters. The first-order valence-electron chi connectivity index (χ1n) is 4.24. The largest absolute Gasteiger partial charge is 0.481 e. The first-order valence-corrected chi connectivity index (χ1v) is 4.24. The van der Waals surface area contributed by atoms with Crippen LogP contribution in [0.4, 0.5) is 0 Å². The summed E-state index contributed by atoms with van der Waals surface area (Å²) in [5.41, 5.74) is 0. The summed E-state index contributed by atoms with van der Waals surface area (Å²) >= 11 is 0. The second-order valence-corrected chi connectivity index (χ2v) is 2.74. The molecule has 1 amide bonds. The highest BCUT2D eigenvalue weighted by molar-refractivity contribution is 5.78. The highest BCUT2D eigenvalue weighted by Gasteiger charge is 2.08. The molecule has 0 aromatic rings. The minimum Gasteiger partial charge on any atom is -0.481 e. The van der Waals surface area contributed by atoms with Crippen LogP contribution in [-0.4, -0.2) is 48.6 Å². The molecule has 5 heteroatoms. The van der Waals surface area contributed by atoms with Crippen molar-refractivity contribution in [3.05, 3.63) is 0 Å². The van der Waals surface area contributed by atoms with Crippen molar-refractivity contribution in [1.29, 1.82) is 0 Å². The van der Waals surface area contributed by atoms with E-state index in [2.05, 4.69) is 5.32 Å². The summed E-state index contributed by atoms with van der Waals surface area (Å²) in [7, 11) is 1.60. The van der Waals surface area contributed by atoms with E-state index in [1.54, 1.807) is 7.05 Å². The number of hydrogen-bond donors (Lipinski definition) is 2. The fourth-order valence-electron chi connectivity index (χ4n) is 0.755. The van der Waals surface area contributed by atoms with Crippen molar-refractivity contribution in [2.75, 3.05) is 26.7 Å².